The van der Waals surface area contributed by atoms with E-state index in [1.807, 2.05) is 37.3 Å². The van der Waals surface area contributed by atoms with Crippen molar-refractivity contribution in [1.82, 2.24) is 9.97 Å². The lowest BCUT2D eigenvalue weighted by Crippen LogP contribution is -2.35. The van der Waals surface area contributed by atoms with Gasteiger partial charge in [0.15, 0.2) is 0 Å². The zero-order valence-corrected chi connectivity index (χ0v) is 16.9. The second-order valence-electron chi connectivity index (χ2n) is 6.91. The van der Waals surface area contributed by atoms with Crippen LogP contribution in [-0.2, 0) is 13.0 Å². The van der Waals surface area contributed by atoms with E-state index in [4.69, 9.17) is 4.98 Å². The largest absolute Gasteiger partial charge is 0.390 e. The summed E-state index contributed by atoms with van der Waals surface area (Å²) in [4.78, 5) is 11.6. The van der Waals surface area contributed by atoms with Gasteiger partial charge in [0.1, 0.15) is 5.82 Å². The minimum absolute atomic E-state index is 0. The molecule has 0 saturated carbocycles. The minimum atomic E-state index is -0.108. The number of halogens is 1. The average Bonchev–Trinajstić information content (AvgIpc) is 2.71. The van der Waals surface area contributed by atoms with Crippen LogP contribution in [0.1, 0.15) is 35.3 Å². The molecule has 2 heterocycles. The van der Waals surface area contributed by atoms with E-state index in [2.05, 4.69) is 46.4 Å². The summed E-state index contributed by atoms with van der Waals surface area (Å²) >= 11 is 0. The van der Waals surface area contributed by atoms with Crippen molar-refractivity contribution in [3.05, 3.63) is 77.0 Å². The van der Waals surface area contributed by atoms with Crippen LogP contribution in [0.15, 0.2) is 54.6 Å². The molecular formula is C22H25ClN4O. The number of nitrogens with zero attached hydrogens (tertiary/aromatic N) is 3. The number of rotatable bonds is 4. The van der Waals surface area contributed by atoms with Crippen molar-refractivity contribution < 1.29 is 5.11 Å². The van der Waals surface area contributed by atoms with E-state index in [1.54, 1.807) is 0 Å². The van der Waals surface area contributed by atoms with Gasteiger partial charge in [0.25, 0.3) is 0 Å². The summed E-state index contributed by atoms with van der Waals surface area (Å²) in [6.07, 6.45) is 0.986. The second-order valence-corrected chi connectivity index (χ2v) is 6.91. The number of para-hydroxylation sites is 1. The molecule has 4 rings (SSSR count). The number of aliphatic hydroxyl groups is 1. The van der Waals surface area contributed by atoms with Gasteiger partial charge in [-0.25, -0.2) is 4.98 Å². The Labute approximate surface area is 171 Å². The molecule has 0 fully saturated rings. The molecule has 28 heavy (non-hydrogen) atoms. The van der Waals surface area contributed by atoms with Gasteiger partial charge >= 0.3 is 0 Å². The zero-order valence-electron chi connectivity index (χ0n) is 16.1. The highest BCUT2D eigenvalue weighted by Crippen LogP contribution is 2.35. The van der Waals surface area contributed by atoms with E-state index in [0.717, 1.165) is 30.0 Å². The second kappa shape index (κ2) is 8.59. The topological polar surface area (TPSA) is 61.3 Å². The lowest BCUT2D eigenvalue weighted by atomic mass is 9.93. The van der Waals surface area contributed by atoms with Gasteiger partial charge in [0, 0.05) is 17.8 Å². The standard InChI is InChI=1S/C22H24N4O.ClH/c1-15-20(14-27)24-22(23-18-9-4-3-5-10-18)25-21(15)26-13-12-17-8-6-7-11-19(17)16(26)2;/h3-11,16,27H,12-14H2,1-2H3,(H,23,24,25);1H. The monoisotopic (exact) mass is 396 g/mol. The molecule has 0 radical (unpaired) electrons. The van der Waals surface area contributed by atoms with Crippen LogP contribution in [0.2, 0.25) is 0 Å². The van der Waals surface area contributed by atoms with Crippen LogP contribution in [0.3, 0.4) is 0 Å². The SMILES string of the molecule is Cc1c(CO)nc(Nc2ccccc2)nc1N1CCc2ccccc2C1C.Cl. The summed E-state index contributed by atoms with van der Waals surface area (Å²) < 4.78 is 0. The van der Waals surface area contributed by atoms with Crippen LogP contribution >= 0.6 is 12.4 Å². The Morgan fingerprint density at radius 3 is 2.54 bits per heavy atom. The smallest absolute Gasteiger partial charge is 0.229 e. The number of hydrogen-bond acceptors (Lipinski definition) is 5. The summed E-state index contributed by atoms with van der Waals surface area (Å²) in [7, 11) is 0. The molecule has 1 aliphatic heterocycles. The van der Waals surface area contributed by atoms with Crippen molar-refractivity contribution in [2.24, 2.45) is 0 Å². The Balaban J connectivity index is 0.00000225. The third-order valence-electron chi connectivity index (χ3n) is 5.27. The van der Waals surface area contributed by atoms with E-state index in [9.17, 15) is 5.11 Å². The van der Waals surface area contributed by atoms with Gasteiger partial charge in [-0.2, -0.15) is 4.98 Å². The number of benzene rings is 2. The van der Waals surface area contributed by atoms with Crippen molar-refractivity contribution in [2.75, 3.05) is 16.8 Å². The fraction of sp³-hybridized carbons (Fsp3) is 0.273. The molecule has 1 aromatic heterocycles. The van der Waals surface area contributed by atoms with Gasteiger partial charge in [0.2, 0.25) is 5.95 Å². The van der Waals surface area contributed by atoms with Crippen molar-refractivity contribution >= 4 is 29.9 Å². The van der Waals surface area contributed by atoms with Gasteiger partial charge in [0.05, 0.1) is 18.3 Å². The first-order valence-corrected chi connectivity index (χ1v) is 9.32. The molecule has 1 atom stereocenters. The highest BCUT2D eigenvalue weighted by Gasteiger charge is 2.27. The van der Waals surface area contributed by atoms with Gasteiger partial charge < -0.3 is 15.3 Å². The summed E-state index contributed by atoms with van der Waals surface area (Å²) in [5.74, 6) is 1.39. The minimum Gasteiger partial charge on any atom is -0.390 e. The van der Waals surface area contributed by atoms with E-state index in [0.29, 0.717) is 11.6 Å². The summed E-state index contributed by atoms with van der Waals surface area (Å²) in [6, 6.07) is 18.7. The molecule has 0 spiro atoms. The Morgan fingerprint density at radius 2 is 1.79 bits per heavy atom. The number of aromatic nitrogens is 2. The van der Waals surface area contributed by atoms with E-state index >= 15 is 0 Å². The van der Waals surface area contributed by atoms with Gasteiger partial charge in [-0.05, 0) is 43.5 Å². The Hall–Kier alpha value is -2.63. The molecule has 5 nitrogen and oxygen atoms in total. The van der Waals surface area contributed by atoms with Crippen LogP contribution in [-0.4, -0.2) is 21.6 Å². The summed E-state index contributed by atoms with van der Waals surface area (Å²) in [5, 5.41) is 13.1. The third-order valence-corrected chi connectivity index (χ3v) is 5.27. The molecule has 0 bridgehead atoms. The molecule has 1 aliphatic rings. The Bertz CT molecular complexity index is 949. The maximum absolute atomic E-state index is 9.82. The van der Waals surface area contributed by atoms with Crippen molar-refractivity contribution in [2.45, 2.75) is 32.9 Å². The Kier molecular flexibility index (Phi) is 6.17. The van der Waals surface area contributed by atoms with Crippen LogP contribution < -0.4 is 10.2 Å². The van der Waals surface area contributed by atoms with Gasteiger partial charge in [-0.1, -0.05) is 42.5 Å². The molecule has 3 aromatic rings. The lowest BCUT2D eigenvalue weighted by Gasteiger charge is -2.37. The molecule has 6 heteroatoms. The lowest BCUT2D eigenvalue weighted by molar-refractivity contribution is 0.276. The van der Waals surface area contributed by atoms with E-state index in [1.165, 1.54) is 11.1 Å². The van der Waals surface area contributed by atoms with Crippen LogP contribution in [0.5, 0.6) is 0 Å². The number of hydrogen-bond donors (Lipinski definition) is 2. The third kappa shape index (κ3) is 3.81. The van der Waals surface area contributed by atoms with Crippen LogP contribution in [0.25, 0.3) is 0 Å². The molecular weight excluding hydrogens is 372 g/mol. The predicted molar refractivity (Wildman–Crippen MR) is 116 cm³/mol. The van der Waals surface area contributed by atoms with E-state index in [-0.39, 0.29) is 25.1 Å². The normalized spacial score (nSPS) is 15.5. The first-order valence-electron chi connectivity index (χ1n) is 9.32. The maximum atomic E-state index is 9.82. The van der Waals surface area contributed by atoms with Crippen LogP contribution in [0, 0.1) is 6.92 Å². The molecule has 1 unspecified atom stereocenters. The number of nitrogens with one attached hydrogen (secondary N) is 1. The fourth-order valence-corrected chi connectivity index (χ4v) is 3.75. The highest BCUT2D eigenvalue weighted by molar-refractivity contribution is 5.85. The molecule has 0 saturated heterocycles. The van der Waals surface area contributed by atoms with E-state index < -0.39 is 0 Å². The fourth-order valence-electron chi connectivity index (χ4n) is 3.75. The van der Waals surface area contributed by atoms with Crippen LogP contribution in [0.4, 0.5) is 17.5 Å². The average molecular weight is 397 g/mol. The number of aliphatic hydroxyl groups excluding tert-OH is 1. The van der Waals surface area contributed by atoms with Gasteiger partial charge in [-0.15, -0.1) is 12.4 Å². The molecule has 0 aliphatic carbocycles. The summed E-state index contributed by atoms with van der Waals surface area (Å²) in [6.45, 7) is 4.98. The maximum Gasteiger partial charge on any atom is 0.229 e. The first kappa shape index (κ1) is 20.1. The number of fused-ring (bicyclic) bond motifs is 1. The molecule has 2 N–H and O–H groups in total. The molecule has 146 valence electrons. The Morgan fingerprint density at radius 1 is 1.07 bits per heavy atom. The van der Waals surface area contributed by atoms with Gasteiger partial charge in [-0.3, -0.25) is 0 Å². The zero-order chi connectivity index (χ0) is 18.8. The van der Waals surface area contributed by atoms with Crippen molar-refractivity contribution in [3.63, 3.8) is 0 Å². The number of anilines is 3. The summed E-state index contributed by atoms with van der Waals surface area (Å²) in [5.41, 5.74) is 5.25. The molecule has 0 amide bonds. The highest BCUT2D eigenvalue weighted by atomic mass is 35.5. The quantitative estimate of drug-likeness (QED) is 0.676. The first-order chi connectivity index (χ1) is 13.2. The molecule has 2 aromatic carbocycles. The predicted octanol–water partition coefficient (Wildman–Crippen LogP) is 4.57. The van der Waals surface area contributed by atoms with Crippen molar-refractivity contribution in [1.29, 1.82) is 0 Å². The van der Waals surface area contributed by atoms with Crippen molar-refractivity contribution in [3.8, 4) is 0 Å².